The molecule has 0 saturated carbocycles. The number of ether oxygens (including phenoxy) is 1. The first kappa shape index (κ1) is 20.0. The molecular formula is C23H25BN4O3. The van der Waals surface area contributed by atoms with Gasteiger partial charge in [-0.2, -0.15) is 10.2 Å². The molecule has 1 fully saturated rings. The molecule has 0 spiro atoms. The zero-order chi connectivity index (χ0) is 21.4. The lowest BCUT2D eigenvalue weighted by Crippen LogP contribution is -2.29. The van der Waals surface area contributed by atoms with Crippen molar-refractivity contribution in [1.82, 2.24) is 19.6 Å². The second kappa shape index (κ2) is 8.30. The second-order valence-electron chi connectivity index (χ2n) is 8.14. The minimum atomic E-state index is -1.51. The summed E-state index contributed by atoms with van der Waals surface area (Å²) in [6.45, 7) is 0.741. The van der Waals surface area contributed by atoms with E-state index in [2.05, 4.69) is 29.4 Å². The Kier molecular flexibility index (Phi) is 5.35. The van der Waals surface area contributed by atoms with Crippen molar-refractivity contribution in [1.29, 1.82) is 0 Å². The summed E-state index contributed by atoms with van der Waals surface area (Å²) in [4.78, 5) is 0. The first-order valence-corrected chi connectivity index (χ1v) is 10.7. The summed E-state index contributed by atoms with van der Waals surface area (Å²) in [6, 6.07) is 13.9. The Morgan fingerprint density at radius 3 is 2.61 bits per heavy atom. The molecule has 0 amide bonds. The number of rotatable bonds is 5. The fourth-order valence-electron chi connectivity index (χ4n) is 4.23. The topological polar surface area (TPSA) is 85.3 Å². The van der Waals surface area contributed by atoms with Gasteiger partial charge in [-0.25, -0.2) is 4.68 Å². The molecule has 158 valence electrons. The van der Waals surface area contributed by atoms with Crippen LogP contribution in [0.15, 0.2) is 54.9 Å². The molecule has 8 heteroatoms. The molecule has 1 aliphatic heterocycles. The first-order valence-electron chi connectivity index (χ1n) is 10.7. The average Bonchev–Trinajstić information content (AvgIpc) is 3.38. The number of nitrogens with zero attached hydrogens (tertiary/aromatic N) is 4. The van der Waals surface area contributed by atoms with Gasteiger partial charge in [0.15, 0.2) is 6.23 Å². The van der Waals surface area contributed by atoms with Gasteiger partial charge in [-0.15, -0.1) is 0 Å². The van der Waals surface area contributed by atoms with Gasteiger partial charge < -0.3 is 14.8 Å². The number of hydrogen-bond donors (Lipinski definition) is 2. The molecule has 1 atom stereocenters. The molecule has 0 aliphatic carbocycles. The van der Waals surface area contributed by atoms with Crippen molar-refractivity contribution < 1.29 is 14.8 Å². The Hall–Kier alpha value is -2.94. The molecule has 4 aromatic rings. The zero-order valence-electron chi connectivity index (χ0n) is 17.5. The number of aryl methyl sites for hydroxylation is 1. The predicted molar refractivity (Wildman–Crippen MR) is 120 cm³/mol. The summed E-state index contributed by atoms with van der Waals surface area (Å²) in [6.07, 6.45) is 7.54. The first-order chi connectivity index (χ1) is 15.1. The van der Waals surface area contributed by atoms with Crippen molar-refractivity contribution in [3.05, 3.63) is 66.1 Å². The van der Waals surface area contributed by atoms with Crippen molar-refractivity contribution in [3.63, 3.8) is 0 Å². The van der Waals surface area contributed by atoms with Crippen molar-refractivity contribution in [2.24, 2.45) is 7.05 Å². The summed E-state index contributed by atoms with van der Waals surface area (Å²) in [5.74, 6) is 0. The van der Waals surface area contributed by atoms with Crippen molar-refractivity contribution in [2.45, 2.75) is 31.9 Å². The standard InChI is InChI=1S/C23H25BN4O3/c1-27-15-18(14-25-27)17-7-5-16(6-8-17)12-21-20-13-19(24(29)30)9-10-22(20)28(26-21)23-4-2-3-11-31-23/h5-10,13-15,23,29-30H,2-4,11-12H2,1H3. The average molecular weight is 416 g/mol. The molecular weight excluding hydrogens is 391 g/mol. The van der Waals surface area contributed by atoms with Crippen LogP contribution < -0.4 is 5.46 Å². The third kappa shape index (κ3) is 4.02. The summed E-state index contributed by atoms with van der Waals surface area (Å²) >= 11 is 0. The molecule has 1 saturated heterocycles. The molecule has 1 unspecified atom stereocenters. The molecule has 2 aromatic heterocycles. The fraction of sp³-hybridized carbons (Fsp3) is 0.304. The van der Waals surface area contributed by atoms with Crippen molar-refractivity contribution >= 4 is 23.5 Å². The van der Waals surface area contributed by atoms with E-state index in [0.29, 0.717) is 11.9 Å². The van der Waals surface area contributed by atoms with E-state index in [-0.39, 0.29) is 6.23 Å². The Balaban J connectivity index is 1.49. The van der Waals surface area contributed by atoms with Crippen LogP contribution in [0.3, 0.4) is 0 Å². The molecule has 2 N–H and O–H groups in total. The normalized spacial score (nSPS) is 16.7. The van der Waals surface area contributed by atoms with E-state index in [4.69, 9.17) is 9.84 Å². The second-order valence-corrected chi connectivity index (χ2v) is 8.14. The van der Waals surface area contributed by atoms with Crippen LogP contribution in [0.1, 0.15) is 36.7 Å². The highest BCUT2D eigenvalue weighted by atomic mass is 16.5. The molecule has 1 aliphatic rings. The quantitative estimate of drug-likeness (QED) is 0.488. The number of fused-ring (bicyclic) bond motifs is 1. The molecule has 31 heavy (non-hydrogen) atoms. The van der Waals surface area contributed by atoms with Crippen LogP contribution in [0, 0.1) is 0 Å². The largest absolute Gasteiger partial charge is 0.488 e. The van der Waals surface area contributed by atoms with Crippen LogP contribution >= 0.6 is 0 Å². The Morgan fingerprint density at radius 2 is 1.94 bits per heavy atom. The fourth-order valence-corrected chi connectivity index (χ4v) is 4.23. The SMILES string of the molecule is Cn1cc(-c2ccc(Cc3nn(C4CCCCO4)c4ccc(B(O)O)cc34)cc2)cn1. The van der Waals surface area contributed by atoms with Crippen molar-refractivity contribution in [2.75, 3.05) is 6.61 Å². The number of aromatic nitrogens is 4. The van der Waals surface area contributed by atoms with Crippen molar-refractivity contribution in [3.8, 4) is 11.1 Å². The Labute approximate surface area is 181 Å². The molecule has 5 rings (SSSR count). The van der Waals surface area contributed by atoms with E-state index in [1.165, 1.54) is 0 Å². The molecule has 2 aromatic carbocycles. The summed E-state index contributed by atoms with van der Waals surface area (Å²) in [5, 5.41) is 29.4. The van der Waals surface area contributed by atoms with Gasteiger partial charge in [0.25, 0.3) is 0 Å². The van der Waals surface area contributed by atoms with Gasteiger partial charge in [-0.05, 0) is 41.9 Å². The lowest BCUT2D eigenvalue weighted by Gasteiger charge is -2.23. The lowest BCUT2D eigenvalue weighted by molar-refractivity contribution is -0.0368. The van der Waals surface area contributed by atoms with Crippen LogP contribution in [-0.2, 0) is 18.2 Å². The van der Waals surface area contributed by atoms with Gasteiger partial charge in [0.05, 0.1) is 17.4 Å². The van der Waals surface area contributed by atoms with Crippen LogP contribution in [0.5, 0.6) is 0 Å². The highest BCUT2D eigenvalue weighted by Crippen LogP contribution is 2.29. The van der Waals surface area contributed by atoms with Gasteiger partial charge in [0, 0.05) is 37.2 Å². The lowest BCUT2D eigenvalue weighted by atomic mass is 9.79. The monoisotopic (exact) mass is 416 g/mol. The van der Waals surface area contributed by atoms with Crippen LogP contribution in [-0.4, -0.2) is 43.3 Å². The Bertz CT molecular complexity index is 1190. The minimum absolute atomic E-state index is 0.0807. The van der Waals surface area contributed by atoms with E-state index in [1.807, 2.05) is 36.3 Å². The van der Waals surface area contributed by atoms with Gasteiger partial charge in [0.2, 0.25) is 0 Å². The number of benzene rings is 2. The van der Waals surface area contributed by atoms with Gasteiger partial charge in [-0.1, -0.05) is 36.4 Å². The highest BCUT2D eigenvalue weighted by Gasteiger charge is 2.22. The number of hydrogen-bond acceptors (Lipinski definition) is 5. The minimum Gasteiger partial charge on any atom is -0.423 e. The Morgan fingerprint density at radius 1 is 1.10 bits per heavy atom. The van der Waals surface area contributed by atoms with Crippen LogP contribution in [0.4, 0.5) is 0 Å². The van der Waals surface area contributed by atoms with E-state index in [9.17, 15) is 10.0 Å². The molecule has 0 radical (unpaired) electrons. The maximum atomic E-state index is 9.66. The van der Waals surface area contributed by atoms with Gasteiger partial charge in [-0.3, -0.25) is 4.68 Å². The third-order valence-electron chi connectivity index (χ3n) is 5.90. The molecule has 3 heterocycles. The van der Waals surface area contributed by atoms with E-state index in [0.717, 1.165) is 59.2 Å². The maximum Gasteiger partial charge on any atom is 0.488 e. The predicted octanol–water partition coefficient (Wildman–Crippen LogP) is 2.41. The zero-order valence-corrected chi connectivity index (χ0v) is 17.5. The highest BCUT2D eigenvalue weighted by molar-refractivity contribution is 6.58. The molecule has 0 bridgehead atoms. The third-order valence-corrected chi connectivity index (χ3v) is 5.90. The van der Waals surface area contributed by atoms with E-state index < -0.39 is 7.12 Å². The van der Waals surface area contributed by atoms with Crippen LogP contribution in [0.2, 0.25) is 0 Å². The van der Waals surface area contributed by atoms with Gasteiger partial charge >= 0.3 is 7.12 Å². The molecule has 7 nitrogen and oxygen atoms in total. The van der Waals surface area contributed by atoms with E-state index >= 15 is 0 Å². The summed E-state index contributed by atoms with van der Waals surface area (Å²) < 4.78 is 9.73. The smallest absolute Gasteiger partial charge is 0.423 e. The summed E-state index contributed by atoms with van der Waals surface area (Å²) in [7, 11) is 0.401. The van der Waals surface area contributed by atoms with E-state index in [1.54, 1.807) is 10.7 Å². The van der Waals surface area contributed by atoms with Crippen LogP contribution in [0.25, 0.3) is 22.0 Å². The maximum absolute atomic E-state index is 9.66. The summed E-state index contributed by atoms with van der Waals surface area (Å²) in [5.41, 5.74) is 5.66. The van der Waals surface area contributed by atoms with Gasteiger partial charge in [0.1, 0.15) is 0 Å².